The molecule has 2 rings (SSSR count). The SMILES string of the molecule is CCOC1CC(N)(C(=O)Nc2ccc(C)cn2)C1(C)C. The van der Waals surface area contributed by atoms with Crippen LogP contribution in [0.5, 0.6) is 0 Å². The Morgan fingerprint density at radius 2 is 2.25 bits per heavy atom. The van der Waals surface area contributed by atoms with Gasteiger partial charge in [0.1, 0.15) is 11.4 Å². The normalized spacial score (nSPS) is 27.8. The minimum Gasteiger partial charge on any atom is -0.378 e. The highest BCUT2D eigenvalue weighted by molar-refractivity contribution is 5.99. The van der Waals surface area contributed by atoms with E-state index in [0.29, 0.717) is 18.8 Å². The van der Waals surface area contributed by atoms with E-state index in [-0.39, 0.29) is 12.0 Å². The maximum absolute atomic E-state index is 12.4. The molecule has 0 bridgehead atoms. The van der Waals surface area contributed by atoms with Gasteiger partial charge in [0.05, 0.1) is 6.10 Å². The van der Waals surface area contributed by atoms with Gasteiger partial charge in [-0.1, -0.05) is 19.9 Å². The molecule has 110 valence electrons. The lowest BCUT2D eigenvalue weighted by Crippen LogP contribution is -2.74. The second-order valence-corrected chi connectivity index (χ2v) is 6.02. The fourth-order valence-corrected chi connectivity index (χ4v) is 2.59. The predicted molar refractivity (Wildman–Crippen MR) is 78.3 cm³/mol. The highest BCUT2D eigenvalue weighted by Crippen LogP contribution is 2.50. The minimum absolute atomic E-state index is 0.0224. The summed E-state index contributed by atoms with van der Waals surface area (Å²) >= 11 is 0. The molecule has 2 atom stereocenters. The van der Waals surface area contributed by atoms with E-state index in [2.05, 4.69) is 10.3 Å². The fourth-order valence-electron chi connectivity index (χ4n) is 2.59. The van der Waals surface area contributed by atoms with Gasteiger partial charge in [-0.05, 0) is 25.5 Å². The number of rotatable bonds is 4. The summed E-state index contributed by atoms with van der Waals surface area (Å²) in [5.74, 6) is 0.330. The van der Waals surface area contributed by atoms with Crippen LogP contribution in [0.4, 0.5) is 5.82 Å². The van der Waals surface area contributed by atoms with Crippen LogP contribution in [-0.4, -0.2) is 29.1 Å². The van der Waals surface area contributed by atoms with E-state index in [1.165, 1.54) is 0 Å². The molecule has 0 radical (unpaired) electrons. The van der Waals surface area contributed by atoms with Crippen molar-refractivity contribution in [3.8, 4) is 0 Å². The first-order chi connectivity index (χ1) is 9.31. The van der Waals surface area contributed by atoms with Crippen molar-refractivity contribution in [2.45, 2.75) is 45.8 Å². The largest absolute Gasteiger partial charge is 0.378 e. The topological polar surface area (TPSA) is 77.2 Å². The van der Waals surface area contributed by atoms with Gasteiger partial charge in [-0.15, -0.1) is 0 Å². The second kappa shape index (κ2) is 5.14. The molecule has 2 unspecified atom stereocenters. The Balaban J connectivity index is 2.08. The minimum atomic E-state index is -0.917. The third kappa shape index (κ3) is 2.31. The molecule has 1 saturated carbocycles. The van der Waals surface area contributed by atoms with Crippen molar-refractivity contribution in [1.82, 2.24) is 4.98 Å². The van der Waals surface area contributed by atoms with Gasteiger partial charge in [-0.2, -0.15) is 0 Å². The predicted octanol–water partition coefficient (Wildman–Crippen LogP) is 1.86. The first kappa shape index (κ1) is 14.9. The van der Waals surface area contributed by atoms with E-state index < -0.39 is 11.0 Å². The van der Waals surface area contributed by atoms with Crippen molar-refractivity contribution >= 4 is 11.7 Å². The van der Waals surface area contributed by atoms with Crippen molar-refractivity contribution in [2.75, 3.05) is 11.9 Å². The van der Waals surface area contributed by atoms with Crippen molar-refractivity contribution < 1.29 is 9.53 Å². The zero-order chi connectivity index (χ0) is 15.0. The summed E-state index contributed by atoms with van der Waals surface area (Å²) in [4.78, 5) is 16.6. The highest BCUT2D eigenvalue weighted by Gasteiger charge is 2.62. The lowest BCUT2D eigenvalue weighted by molar-refractivity contribution is -0.166. The number of anilines is 1. The van der Waals surface area contributed by atoms with Crippen LogP contribution in [0.15, 0.2) is 18.3 Å². The summed E-state index contributed by atoms with van der Waals surface area (Å²) in [7, 11) is 0. The number of hydrogen-bond acceptors (Lipinski definition) is 4. The number of nitrogens with two attached hydrogens (primary N) is 1. The maximum atomic E-state index is 12.4. The fraction of sp³-hybridized carbons (Fsp3) is 0.600. The molecule has 1 aromatic rings. The Morgan fingerprint density at radius 1 is 1.55 bits per heavy atom. The second-order valence-electron chi connectivity index (χ2n) is 6.02. The zero-order valence-corrected chi connectivity index (χ0v) is 12.6. The molecule has 1 fully saturated rings. The molecule has 3 N–H and O–H groups in total. The van der Waals surface area contributed by atoms with E-state index in [1.807, 2.05) is 33.8 Å². The van der Waals surface area contributed by atoms with Gasteiger partial charge in [0.25, 0.3) is 0 Å². The summed E-state index contributed by atoms with van der Waals surface area (Å²) in [6.07, 6.45) is 2.27. The summed E-state index contributed by atoms with van der Waals surface area (Å²) in [6.45, 7) is 8.47. The molecule has 5 nitrogen and oxygen atoms in total. The van der Waals surface area contributed by atoms with Gasteiger partial charge in [0.15, 0.2) is 0 Å². The number of hydrogen-bond donors (Lipinski definition) is 2. The number of amides is 1. The lowest BCUT2D eigenvalue weighted by atomic mass is 9.54. The van der Waals surface area contributed by atoms with Gasteiger partial charge in [-0.25, -0.2) is 4.98 Å². The number of nitrogens with zero attached hydrogens (tertiary/aromatic N) is 1. The van der Waals surface area contributed by atoms with Crippen LogP contribution in [0.25, 0.3) is 0 Å². The monoisotopic (exact) mass is 277 g/mol. The zero-order valence-electron chi connectivity index (χ0n) is 12.6. The average Bonchev–Trinajstić information content (AvgIpc) is 2.40. The molecule has 0 aliphatic heterocycles. The number of aromatic nitrogens is 1. The Morgan fingerprint density at radius 3 is 2.75 bits per heavy atom. The molecule has 1 aliphatic carbocycles. The van der Waals surface area contributed by atoms with Gasteiger partial charge in [0, 0.05) is 24.6 Å². The third-order valence-corrected chi connectivity index (χ3v) is 4.39. The van der Waals surface area contributed by atoms with Crippen molar-refractivity contribution in [3.05, 3.63) is 23.9 Å². The molecule has 0 spiro atoms. The van der Waals surface area contributed by atoms with Gasteiger partial charge >= 0.3 is 0 Å². The van der Waals surface area contributed by atoms with E-state index in [0.717, 1.165) is 5.56 Å². The Labute approximate surface area is 119 Å². The van der Waals surface area contributed by atoms with Crippen LogP contribution in [0.2, 0.25) is 0 Å². The quantitative estimate of drug-likeness (QED) is 0.880. The molecular weight excluding hydrogens is 254 g/mol. The van der Waals surface area contributed by atoms with E-state index in [9.17, 15) is 4.79 Å². The summed E-state index contributed by atoms with van der Waals surface area (Å²) in [5.41, 5.74) is 6.04. The first-order valence-electron chi connectivity index (χ1n) is 6.96. The van der Waals surface area contributed by atoms with Crippen molar-refractivity contribution in [2.24, 2.45) is 11.1 Å². The van der Waals surface area contributed by atoms with Gasteiger partial charge in [0.2, 0.25) is 5.91 Å². The number of aryl methyl sites for hydroxylation is 1. The standard InChI is InChI=1S/C15H23N3O2/c1-5-20-11-8-15(16,14(11,3)4)13(19)18-12-7-6-10(2)9-17-12/h6-7,9,11H,5,8,16H2,1-4H3,(H,17,18,19). The van der Waals surface area contributed by atoms with Crippen LogP contribution in [0.1, 0.15) is 32.8 Å². The number of pyridine rings is 1. The molecular formula is C15H23N3O2. The Kier molecular flexibility index (Phi) is 3.84. The van der Waals surface area contributed by atoms with Gasteiger partial charge < -0.3 is 15.8 Å². The average molecular weight is 277 g/mol. The maximum Gasteiger partial charge on any atom is 0.246 e. The molecule has 1 amide bonds. The Hall–Kier alpha value is -1.46. The molecule has 20 heavy (non-hydrogen) atoms. The number of nitrogens with one attached hydrogen (secondary N) is 1. The molecule has 5 heteroatoms. The molecule has 1 heterocycles. The third-order valence-electron chi connectivity index (χ3n) is 4.39. The van der Waals surface area contributed by atoms with Crippen LogP contribution >= 0.6 is 0 Å². The van der Waals surface area contributed by atoms with Crippen LogP contribution in [0.3, 0.4) is 0 Å². The number of carbonyl (C=O) groups excluding carboxylic acids is 1. The summed E-state index contributed by atoms with van der Waals surface area (Å²) in [5, 5.41) is 2.80. The Bertz CT molecular complexity index is 498. The van der Waals surface area contributed by atoms with Crippen LogP contribution < -0.4 is 11.1 Å². The molecule has 1 aromatic heterocycles. The van der Waals surface area contributed by atoms with Crippen LogP contribution in [0, 0.1) is 12.3 Å². The number of carbonyl (C=O) groups is 1. The number of ether oxygens (including phenoxy) is 1. The van der Waals surface area contributed by atoms with Crippen molar-refractivity contribution in [3.63, 3.8) is 0 Å². The van der Waals surface area contributed by atoms with E-state index in [4.69, 9.17) is 10.5 Å². The smallest absolute Gasteiger partial charge is 0.246 e. The molecule has 0 saturated heterocycles. The van der Waals surface area contributed by atoms with E-state index >= 15 is 0 Å². The highest BCUT2D eigenvalue weighted by atomic mass is 16.5. The van der Waals surface area contributed by atoms with Crippen molar-refractivity contribution in [1.29, 1.82) is 0 Å². The van der Waals surface area contributed by atoms with E-state index in [1.54, 1.807) is 12.3 Å². The van der Waals surface area contributed by atoms with Gasteiger partial charge in [-0.3, -0.25) is 4.79 Å². The summed E-state index contributed by atoms with van der Waals surface area (Å²) < 4.78 is 5.63. The molecule has 0 aromatic carbocycles. The first-order valence-corrected chi connectivity index (χ1v) is 6.96. The van der Waals surface area contributed by atoms with Crippen LogP contribution in [-0.2, 0) is 9.53 Å². The molecule has 1 aliphatic rings. The summed E-state index contributed by atoms with van der Waals surface area (Å²) in [6, 6.07) is 3.68. The lowest BCUT2D eigenvalue weighted by Gasteiger charge is -2.57.